The van der Waals surface area contributed by atoms with Crippen molar-refractivity contribution in [1.29, 1.82) is 5.26 Å². The van der Waals surface area contributed by atoms with Gasteiger partial charge in [-0.05, 0) is 33.3 Å². The monoisotopic (exact) mass is 297 g/mol. The number of nitrogens with zero attached hydrogens (tertiary/aromatic N) is 5. The number of pyridine rings is 1. The summed E-state index contributed by atoms with van der Waals surface area (Å²) in [6.45, 7) is 7.86. The van der Waals surface area contributed by atoms with Crippen LogP contribution in [0.3, 0.4) is 0 Å². The Balaban J connectivity index is 1.88. The van der Waals surface area contributed by atoms with E-state index in [4.69, 9.17) is 9.72 Å². The van der Waals surface area contributed by atoms with Crippen molar-refractivity contribution in [3.8, 4) is 6.07 Å². The highest BCUT2D eigenvalue weighted by Gasteiger charge is 2.40. The van der Waals surface area contributed by atoms with Crippen LogP contribution in [0.15, 0.2) is 12.3 Å². The van der Waals surface area contributed by atoms with E-state index in [1.165, 1.54) is 0 Å². The van der Waals surface area contributed by atoms with Crippen LogP contribution >= 0.6 is 0 Å². The van der Waals surface area contributed by atoms with Crippen LogP contribution in [-0.2, 0) is 10.3 Å². The molecule has 4 rings (SSSR count). The molecule has 2 aliphatic rings. The van der Waals surface area contributed by atoms with Crippen LogP contribution in [0.5, 0.6) is 0 Å². The summed E-state index contributed by atoms with van der Waals surface area (Å²) in [6.07, 6.45) is 3.10. The molecule has 2 aromatic rings. The Morgan fingerprint density at radius 3 is 2.82 bits per heavy atom. The SMILES string of the molecule is CC(C)(C)n1ncc2cc(C#N)c(N3CC4CC3CO4)nc21. The van der Waals surface area contributed by atoms with Gasteiger partial charge in [-0.25, -0.2) is 9.67 Å². The number of aromatic nitrogens is 3. The van der Waals surface area contributed by atoms with Crippen molar-refractivity contribution >= 4 is 16.9 Å². The molecule has 2 aromatic heterocycles. The average Bonchev–Trinajstić information content (AvgIpc) is 3.18. The normalized spacial score (nSPS) is 24.2. The van der Waals surface area contributed by atoms with E-state index in [2.05, 4.69) is 36.8 Å². The van der Waals surface area contributed by atoms with E-state index in [-0.39, 0.29) is 11.6 Å². The van der Waals surface area contributed by atoms with Crippen molar-refractivity contribution in [3.63, 3.8) is 0 Å². The van der Waals surface area contributed by atoms with Gasteiger partial charge in [0.1, 0.15) is 11.9 Å². The number of rotatable bonds is 1. The van der Waals surface area contributed by atoms with Crippen LogP contribution in [0.1, 0.15) is 32.8 Å². The fourth-order valence-corrected chi connectivity index (χ4v) is 3.40. The molecule has 2 aliphatic heterocycles. The van der Waals surface area contributed by atoms with E-state index in [1.807, 2.05) is 10.7 Å². The third-order valence-corrected chi connectivity index (χ3v) is 4.45. The molecule has 0 N–H and O–H groups in total. The van der Waals surface area contributed by atoms with Crippen LogP contribution in [0.4, 0.5) is 5.82 Å². The molecule has 2 unspecified atom stereocenters. The van der Waals surface area contributed by atoms with E-state index in [1.54, 1.807) is 6.20 Å². The van der Waals surface area contributed by atoms with Crippen molar-refractivity contribution in [2.75, 3.05) is 18.1 Å². The Bertz CT molecular complexity index is 782. The Hall–Kier alpha value is -2.13. The lowest BCUT2D eigenvalue weighted by atomic mass is 10.1. The van der Waals surface area contributed by atoms with Gasteiger partial charge in [-0.3, -0.25) is 0 Å². The maximum Gasteiger partial charge on any atom is 0.160 e. The minimum atomic E-state index is -0.146. The fourth-order valence-electron chi connectivity index (χ4n) is 3.40. The summed E-state index contributed by atoms with van der Waals surface area (Å²) in [6, 6.07) is 4.53. The molecule has 2 atom stereocenters. The Labute approximate surface area is 129 Å². The summed E-state index contributed by atoms with van der Waals surface area (Å²) in [7, 11) is 0. The molecule has 4 heterocycles. The minimum absolute atomic E-state index is 0.146. The highest BCUT2D eigenvalue weighted by Crippen LogP contribution is 2.34. The molecule has 114 valence electrons. The molecule has 0 aromatic carbocycles. The van der Waals surface area contributed by atoms with Gasteiger partial charge in [-0.15, -0.1) is 0 Å². The lowest BCUT2D eigenvalue weighted by Gasteiger charge is -2.29. The second kappa shape index (κ2) is 4.43. The van der Waals surface area contributed by atoms with Gasteiger partial charge in [-0.2, -0.15) is 10.4 Å². The quantitative estimate of drug-likeness (QED) is 0.805. The number of ether oxygens (including phenoxy) is 1. The summed E-state index contributed by atoms with van der Waals surface area (Å²) >= 11 is 0. The molecule has 0 amide bonds. The smallest absolute Gasteiger partial charge is 0.160 e. The van der Waals surface area contributed by atoms with Crippen molar-refractivity contribution in [2.45, 2.75) is 44.9 Å². The standard InChI is InChI=1S/C16H19N5O/c1-16(2,3)21-15-11(7-18-21)4-10(6-17)14(19-15)20-8-13-5-12(20)9-22-13/h4,7,12-13H,5,8-9H2,1-3H3. The first kappa shape index (κ1) is 13.5. The minimum Gasteiger partial charge on any atom is -0.374 e. The number of nitriles is 1. The zero-order chi connectivity index (χ0) is 15.5. The van der Waals surface area contributed by atoms with Crippen LogP contribution in [-0.4, -0.2) is 40.1 Å². The molecule has 6 nitrogen and oxygen atoms in total. The molecule has 0 spiro atoms. The van der Waals surface area contributed by atoms with Gasteiger partial charge in [-0.1, -0.05) is 0 Å². The summed E-state index contributed by atoms with van der Waals surface area (Å²) < 4.78 is 7.59. The van der Waals surface area contributed by atoms with Gasteiger partial charge in [0.05, 0.1) is 36.1 Å². The van der Waals surface area contributed by atoms with Crippen molar-refractivity contribution in [1.82, 2.24) is 14.8 Å². The second-order valence-corrected chi connectivity index (χ2v) is 7.11. The van der Waals surface area contributed by atoms with Crippen LogP contribution in [0.25, 0.3) is 11.0 Å². The highest BCUT2D eigenvalue weighted by atomic mass is 16.5. The third kappa shape index (κ3) is 1.89. The molecule has 0 saturated carbocycles. The van der Waals surface area contributed by atoms with Gasteiger partial charge >= 0.3 is 0 Å². The van der Waals surface area contributed by atoms with Crippen molar-refractivity contribution in [2.24, 2.45) is 0 Å². The zero-order valence-electron chi connectivity index (χ0n) is 13.1. The van der Waals surface area contributed by atoms with Crippen molar-refractivity contribution < 1.29 is 4.74 Å². The van der Waals surface area contributed by atoms with Gasteiger partial charge < -0.3 is 9.64 Å². The molecular weight excluding hydrogens is 278 g/mol. The lowest BCUT2D eigenvalue weighted by molar-refractivity contribution is 0.0989. The van der Waals surface area contributed by atoms with Gasteiger partial charge in [0.2, 0.25) is 0 Å². The summed E-state index contributed by atoms with van der Waals surface area (Å²) in [5.41, 5.74) is 1.31. The average molecular weight is 297 g/mol. The summed E-state index contributed by atoms with van der Waals surface area (Å²) in [5, 5.41) is 14.9. The number of fused-ring (bicyclic) bond motifs is 3. The maximum absolute atomic E-state index is 9.50. The molecule has 2 saturated heterocycles. The van der Waals surface area contributed by atoms with E-state index in [0.29, 0.717) is 11.6 Å². The predicted octanol–water partition coefficient (Wildman–Crippen LogP) is 2.04. The molecule has 2 fully saturated rings. The summed E-state index contributed by atoms with van der Waals surface area (Å²) in [5.74, 6) is 0.775. The zero-order valence-corrected chi connectivity index (χ0v) is 13.1. The summed E-state index contributed by atoms with van der Waals surface area (Å²) in [4.78, 5) is 7.05. The Morgan fingerprint density at radius 2 is 2.23 bits per heavy atom. The first-order valence-electron chi connectivity index (χ1n) is 7.65. The maximum atomic E-state index is 9.50. The topological polar surface area (TPSA) is 67.0 Å². The van der Waals surface area contributed by atoms with Crippen LogP contribution < -0.4 is 4.90 Å². The second-order valence-electron chi connectivity index (χ2n) is 7.11. The molecule has 0 aliphatic carbocycles. The van der Waals surface area contributed by atoms with Gasteiger partial charge in [0, 0.05) is 11.9 Å². The van der Waals surface area contributed by atoms with Gasteiger partial charge in [0.25, 0.3) is 0 Å². The van der Waals surface area contributed by atoms with E-state index in [0.717, 1.165) is 36.4 Å². The molecular formula is C16H19N5O. The van der Waals surface area contributed by atoms with E-state index < -0.39 is 0 Å². The number of morpholine rings is 1. The lowest BCUT2D eigenvalue weighted by Crippen LogP contribution is -2.38. The Morgan fingerprint density at radius 1 is 1.41 bits per heavy atom. The van der Waals surface area contributed by atoms with Crippen LogP contribution in [0, 0.1) is 11.3 Å². The number of hydrogen-bond donors (Lipinski definition) is 0. The third-order valence-electron chi connectivity index (χ3n) is 4.45. The Kier molecular flexibility index (Phi) is 2.73. The fraction of sp³-hybridized carbons (Fsp3) is 0.562. The molecule has 22 heavy (non-hydrogen) atoms. The van der Waals surface area contributed by atoms with Crippen LogP contribution in [0.2, 0.25) is 0 Å². The molecule has 2 bridgehead atoms. The predicted molar refractivity (Wildman–Crippen MR) is 82.7 cm³/mol. The molecule has 0 radical (unpaired) electrons. The number of hydrogen-bond acceptors (Lipinski definition) is 5. The first-order valence-corrected chi connectivity index (χ1v) is 7.65. The number of anilines is 1. The van der Waals surface area contributed by atoms with Gasteiger partial charge in [0.15, 0.2) is 5.65 Å². The van der Waals surface area contributed by atoms with E-state index in [9.17, 15) is 5.26 Å². The largest absolute Gasteiger partial charge is 0.374 e. The van der Waals surface area contributed by atoms with Crippen molar-refractivity contribution in [3.05, 3.63) is 17.8 Å². The molecule has 6 heteroatoms. The highest BCUT2D eigenvalue weighted by molar-refractivity contribution is 5.80. The van der Waals surface area contributed by atoms with E-state index >= 15 is 0 Å². The first-order chi connectivity index (χ1) is 10.5.